The minimum absolute atomic E-state index is 0.139. The van der Waals surface area contributed by atoms with Gasteiger partial charge in [0, 0.05) is 0 Å². The van der Waals surface area contributed by atoms with Gasteiger partial charge in [0.1, 0.15) is 12.9 Å². The van der Waals surface area contributed by atoms with Gasteiger partial charge in [-0.05, 0) is 46.3 Å². The fraction of sp³-hybridized carbons (Fsp3) is 0.0625. The summed E-state index contributed by atoms with van der Waals surface area (Å²) in [6.45, 7) is 0.139. The van der Waals surface area contributed by atoms with Gasteiger partial charge < -0.3 is 4.74 Å². The zero-order chi connectivity index (χ0) is 16.1. The molecule has 0 aliphatic rings. The average molecular weight is 305 g/mol. The van der Waals surface area contributed by atoms with Crippen LogP contribution >= 0.6 is 0 Å². The molecule has 0 saturated carbocycles. The molecule has 0 aliphatic heterocycles. The van der Waals surface area contributed by atoms with Crippen molar-refractivity contribution in [1.29, 1.82) is 5.26 Å². The van der Waals surface area contributed by atoms with Gasteiger partial charge >= 0.3 is 5.97 Å². The first-order valence-electron chi connectivity index (χ1n) is 6.76. The van der Waals surface area contributed by atoms with Crippen LogP contribution in [0.25, 0.3) is 5.69 Å². The third-order valence-electron chi connectivity index (χ3n) is 3.15. The average Bonchev–Trinajstić information content (AvgIpc) is 3.15. The number of aromatic nitrogens is 4. The van der Waals surface area contributed by atoms with Gasteiger partial charge in [-0.1, -0.05) is 18.2 Å². The zero-order valence-corrected chi connectivity index (χ0v) is 12.0. The number of nitriles is 1. The van der Waals surface area contributed by atoms with E-state index >= 15 is 0 Å². The number of nitrogens with zero attached hydrogens (tertiary/aromatic N) is 5. The number of rotatable bonds is 4. The van der Waals surface area contributed by atoms with Gasteiger partial charge in [0.15, 0.2) is 0 Å². The van der Waals surface area contributed by atoms with Crippen molar-refractivity contribution in [3.8, 4) is 11.8 Å². The predicted octanol–water partition coefficient (Wildman–Crippen LogP) is 1.89. The molecule has 0 fully saturated rings. The highest BCUT2D eigenvalue weighted by Crippen LogP contribution is 2.12. The van der Waals surface area contributed by atoms with Crippen molar-refractivity contribution in [2.24, 2.45) is 0 Å². The lowest BCUT2D eigenvalue weighted by Gasteiger charge is -2.06. The molecular formula is C16H11N5O2. The summed E-state index contributed by atoms with van der Waals surface area (Å²) >= 11 is 0. The van der Waals surface area contributed by atoms with E-state index in [9.17, 15) is 4.79 Å². The van der Waals surface area contributed by atoms with Gasteiger partial charge in [-0.3, -0.25) is 0 Å². The number of tetrazole rings is 1. The molecule has 0 spiro atoms. The molecule has 1 aromatic heterocycles. The van der Waals surface area contributed by atoms with E-state index in [-0.39, 0.29) is 6.61 Å². The summed E-state index contributed by atoms with van der Waals surface area (Å²) in [5.41, 5.74) is 2.46. The molecule has 0 bridgehead atoms. The summed E-state index contributed by atoms with van der Waals surface area (Å²) < 4.78 is 6.73. The van der Waals surface area contributed by atoms with Crippen molar-refractivity contribution in [3.05, 3.63) is 71.5 Å². The second kappa shape index (κ2) is 6.49. The number of carbonyl (C=O) groups excluding carboxylic acids is 1. The lowest BCUT2D eigenvalue weighted by molar-refractivity contribution is 0.0472. The highest BCUT2D eigenvalue weighted by molar-refractivity contribution is 5.90. The molecule has 2 aromatic carbocycles. The van der Waals surface area contributed by atoms with E-state index in [1.165, 1.54) is 11.0 Å². The highest BCUT2D eigenvalue weighted by Gasteiger charge is 2.09. The normalized spacial score (nSPS) is 10.0. The third kappa shape index (κ3) is 3.39. The van der Waals surface area contributed by atoms with Gasteiger partial charge in [0.25, 0.3) is 0 Å². The monoisotopic (exact) mass is 305 g/mol. The molecule has 0 atom stereocenters. The number of ether oxygens (including phenoxy) is 1. The van der Waals surface area contributed by atoms with Crippen LogP contribution in [0.1, 0.15) is 21.5 Å². The largest absolute Gasteiger partial charge is 0.457 e. The van der Waals surface area contributed by atoms with Gasteiger partial charge in [-0.15, -0.1) is 5.10 Å². The van der Waals surface area contributed by atoms with Gasteiger partial charge in [-0.2, -0.15) is 5.26 Å². The fourth-order valence-corrected chi connectivity index (χ4v) is 1.96. The summed E-state index contributed by atoms with van der Waals surface area (Å²) in [6, 6.07) is 15.7. The van der Waals surface area contributed by atoms with E-state index in [4.69, 9.17) is 10.00 Å². The Labute approximate surface area is 131 Å². The Morgan fingerprint density at radius 3 is 2.74 bits per heavy atom. The van der Waals surface area contributed by atoms with Gasteiger partial charge in [0.05, 0.1) is 22.9 Å². The first-order valence-corrected chi connectivity index (χ1v) is 6.76. The molecule has 0 amide bonds. The molecule has 7 nitrogen and oxygen atoms in total. The number of benzene rings is 2. The third-order valence-corrected chi connectivity index (χ3v) is 3.15. The smallest absolute Gasteiger partial charge is 0.338 e. The van der Waals surface area contributed by atoms with Gasteiger partial charge in [-0.25, -0.2) is 9.48 Å². The molecule has 0 radical (unpaired) electrons. The SMILES string of the molecule is N#Cc1ccc(COC(=O)c2cccc(-n3cnnn3)c2)cc1. The minimum Gasteiger partial charge on any atom is -0.457 e. The molecule has 112 valence electrons. The van der Waals surface area contributed by atoms with E-state index in [1.54, 1.807) is 48.5 Å². The summed E-state index contributed by atoms with van der Waals surface area (Å²) in [7, 11) is 0. The first-order chi connectivity index (χ1) is 11.3. The molecule has 3 aromatic rings. The molecule has 0 saturated heterocycles. The maximum Gasteiger partial charge on any atom is 0.338 e. The molecule has 23 heavy (non-hydrogen) atoms. The molecule has 0 aliphatic carbocycles. The van der Waals surface area contributed by atoms with Crippen LogP contribution in [0.5, 0.6) is 0 Å². The van der Waals surface area contributed by atoms with E-state index in [0.717, 1.165) is 5.56 Å². The van der Waals surface area contributed by atoms with E-state index in [2.05, 4.69) is 15.5 Å². The molecular weight excluding hydrogens is 294 g/mol. The molecule has 7 heteroatoms. The Hall–Kier alpha value is -3.53. The molecule has 1 heterocycles. The van der Waals surface area contributed by atoms with Crippen molar-refractivity contribution in [2.45, 2.75) is 6.61 Å². The van der Waals surface area contributed by atoms with Crippen molar-refractivity contribution in [3.63, 3.8) is 0 Å². The maximum absolute atomic E-state index is 12.1. The molecule has 3 rings (SSSR count). The number of esters is 1. The van der Waals surface area contributed by atoms with Crippen LogP contribution in [-0.2, 0) is 11.3 Å². The Morgan fingerprint density at radius 1 is 1.22 bits per heavy atom. The van der Waals surface area contributed by atoms with E-state index in [1.807, 2.05) is 6.07 Å². The van der Waals surface area contributed by atoms with E-state index < -0.39 is 5.97 Å². The first kappa shape index (κ1) is 14.4. The van der Waals surface area contributed by atoms with Crippen LogP contribution in [0.3, 0.4) is 0 Å². The number of hydrogen-bond acceptors (Lipinski definition) is 6. The van der Waals surface area contributed by atoms with Crippen LogP contribution in [-0.4, -0.2) is 26.2 Å². The van der Waals surface area contributed by atoms with Crippen LogP contribution in [0.4, 0.5) is 0 Å². The highest BCUT2D eigenvalue weighted by atomic mass is 16.5. The lowest BCUT2D eigenvalue weighted by atomic mass is 10.1. The van der Waals surface area contributed by atoms with Crippen molar-refractivity contribution >= 4 is 5.97 Å². The Balaban J connectivity index is 1.68. The second-order valence-corrected chi connectivity index (χ2v) is 4.69. The fourth-order valence-electron chi connectivity index (χ4n) is 1.96. The number of hydrogen-bond donors (Lipinski definition) is 0. The summed E-state index contributed by atoms with van der Waals surface area (Å²) in [5.74, 6) is -0.440. The van der Waals surface area contributed by atoms with Crippen LogP contribution in [0, 0.1) is 11.3 Å². The topological polar surface area (TPSA) is 93.7 Å². The van der Waals surface area contributed by atoms with E-state index in [0.29, 0.717) is 16.8 Å². The maximum atomic E-state index is 12.1. The van der Waals surface area contributed by atoms with Crippen LogP contribution < -0.4 is 0 Å². The van der Waals surface area contributed by atoms with Crippen molar-refractivity contribution < 1.29 is 9.53 Å². The van der Waals surface area contributed by atoms with Gasteiger partial charge in [0.2, 0.25) is 0 Å². The molecule has 0 unspecified atom stereocenters. The summed E-state index contributed by atoms with van der Waals surface area (Å²) in [6.07, 6.45) is 1.45. The minimum atomic E-state index is -0.440. The standard InChI is InChI=1S/C16H11N5O2/c17-9-12-4-6-13(7-5-12)10-23-16(22)14-2-1-3-15(8-14)21-11-18-19-20-21/h1-8,11H,10H2. The molecule has 0 N–H and O–H groups in total. The zero-order valence-electron chi connectivity index (χ0n) is 12.0. The Morgan fingerprint density at radius 2 is 2.04 bits per heavy atom. The number of carbonyl (C=O) groups is 1. The second-order valence-electron chi connectivity index (χ2n) is 4.69. The predicted molar refractivity (Wildman–Crippen MR) is 79.4 cm³/mol. The Kier molecular flexibility index (Phi) is 4.07. The Bertz CT molecular complexity index is 851. The van der Waals surface area contributed by atoms with Crippen molar-refractivity contribution in [2.75, 3.05) is 0 Å². The van der Waals surface area contributed by atoms with Crippen LogP contribution in [0.15, 0.2) is 54.9 Å². The quantitative estimate of drug-likeness (QED) is 0.683. The summed E-state index contributed by atoms with van der Waals surface area (Å²) in [4.78, 5) is 12.1. The van der Waals surface area contributed by atoms with Crippen molar-refractivity contribution in [1.82, 2.24) is 20.2 Å². The lowest BCUT2D eigenvalue weighted by Crippen LogP contribution is -2.06. The summed E-state index contributed by atoms with van der Waals surface area (Å²) in [5, 5.41) is 19.6. The van der Waals surface area contributed by atoms with Crippen LogP contribution in [0.2, 0.25) is 0 Å².